The van der Waals surface area contributed by atoms with E-state index in [-0.39, 0.29) is 23.5 Å². The van der Waals surface area contributed by atoms with Gasteiger partial charge in [-0.05, 0) is 59.1 Å². The number of hydrogen-bond donors (Lipinski definition) is 1. The van der Waals surface area contributed by atoms with Crippen molar-refractivity contribution in [3.05, 3.63) is 35.4 Å². The number of aromatic nitrogens is 3. The molecule has 3 unspecified atom stereocenters. The fourth-order valence-electron chi connectivity index (χ4n) is 5.79. The van der Waals surface area contributed by atoms with Crippen molar-refractivity contribution >= 4 is 5.95 Å². The van der Waals surface area contributed by atoms with Gasteiger partial charge in [-0.2, -0.15) is 9.97 Å². The molecule has 1 spiro atoms. The van der Waals surface area contributed by atoms with Gasteiger partial charge in [0.25, 0.3) is 0 Å². The lowest BCUT2D eigenvalue weighted by atomic mass is 9.69. The molecule has 3 atom stereocenters. The number of ether oxygens (including phenoxy) is 4. The maximum absolute atomic E-state index is 10.4. The molecule has 0 saturated heterocycles. The number of methoxy groups -OCH3 is 1. The zero-order valence-electron chi connectivity index (χ0n) is 24.3. The van der Waals surface area contributed by atoms with Crippen molar-refractivity contribution in [1.82, 2.24) is 24.8 Å². The Morgan fingerprint density at radius 2 is 1.70 bits per heavy atom. The Hall–Kier alpha value is -3.15. The van der Waals surface area contributed by atoms with Crippen molar-refractivity contribution in [2.75, 3.05) is 73.0 Å². The van der Waals surface area contributed by atoms with E-state index in [2.05, 4.69) is 31.8 Å². The molecule has 1 N–H and O–H groups in total. The van der Waals surface area contributed by atoms with Crippen molar-refractivity contribution < 1.29 is 24.1 Å². The molecule has 40 heavy (non-hydrogen) atoms. The smallest absolute Gasteiger partial charge is 0.324 e. The Balaban J connectivity index is 1.44. The van der Waals surface area contributed by atoms with E-state index in [0.29, 0.717) is 44.4 Å². The third-order valence-electron chi connectivity index (χ3n) is 7.78. The standard InChI is InChI=1S/C29H42N6O5/c1-33(2)13-6-16-38-27-30-26(31-28(32-27)39-17-7-14-34(3)4)35-15-12-29-11-10-21(36)18-23(29)40-25-22(37-5)9-8-20(19-35)24(25)29/h8-11,21,23,36H,6-7,12-19H2,1-5H3. The minimum Gasteiger partial charge on any atom is -0.493 e. The van der Waals surface area contributed by atoms with Crippen LogP contribution in [0.3, 0.4) is 0 Å². The largest absolute Gasteiger partial charge is 0.493 e. The van der Waals surface area contributed by atoms with Gasteiger partial charge in [-0.3, -0.25) is 0 Å². The van der Waals surface area contributed by atoms with E-state index in [1.54, 1.807) is 7.11 Å². The summed E-state index contributed by atoms with van der Waals surface area (Å²) in [5.41, 5.74) is 1.91. The molecule has 1 aromatic heterocycles. The summed E-state index contributed by atoms with van der Waals surface area (Å²) in [6.07, 6.45) is 6.37. The zero-order valence-corrected chi connectivity index (χ0v) is 24.3. The molecule has 218 valence electrons. The van der Waals surface area contributed by atoms with Gasteiger partial charge in [-0.15, -0.1) is 4.98 Å². The summed E-state index contributed by atoms with van der Waals surface area (Å²) in [4.78, 5) is 20.3. The van der Waals surface area contributed by atoms with Crippen molar-refractivity contribution in [2.45, 2.75) is 49.9 Å². The molecule has 0 radical (unpaired) electrons. The molecular weight excluding hydrogens is 512 g/mol. The van der Waals surface area contributed by atoms with Gasteiger partial charge < -0.3 is 38.8 Å². The number of hydrogen-bond acceptors (Lipinski definition) is 11. The Kier molecular flexibility index (Phi) is 8.62. The van der Waals surface area contributed by atoms with Crippen LogP contribution in [0.15, 0.2) is 24.3 Å². The van der Waals surface area contributed by atoms with Crippen LogP contribution >= 0.6 is 0 Å². The van der Waals surface area contributed by atoms with Crippen LogP contribution in [0.1, 0.15) is 36.8 Å². The molecule has 3 heterocycles. The van der Waals surface area contributed by atoms with Crippen molar-refractivity contribution in [1.29, 1.82) is 0 Å². The highest BCUT2D eigenvalue weighted by Gasteiger charge is 2.53. The molecule has 5 rings (SSSR count). The van der Waals surface area contributed by atoms with Gasteiger partial charge in [0, 0.05) is 38.2 Å². The summed E-state index contributed by atoms with van der Waals surface area (Å²) in [6.45, 7) is 4.10. The molecule has 0 amide bonds. The van der Waals surface area contributed by atoms with Crippen LogP contribution in [0.5, 0.6) is 23.5 Å². The first kappa shape index (κ1) is 28.4. The van der Waals surface area contributed by atoms with Crippen molar-refractivity contribution in [3.63, 3.8) is 0 Å². The normalized spacial score (nSPS) is 23.1. The molecule has 2 aromatic rings. The lowest BCUT2D eigenvalue weighted by molar-refractivity contribution is 0.0856. The second kappa shape index (κ2) is 12.2. The van der Waals surface area contributed by atoms with E-state index < -0.39 is 6.10 Å². The highest BCUT2D eigenvalue weighted by atomic mass is 16.5. The molecular formula is C29H42N6O5. The Labute approximate surface area is 236 Å². The van der Waals surface area contributed by atoms with Crippen LogP contribution in [0, 0.1) is 0 Å². The first-order valence-corrected chi connectivity index (χ1v) is 14.1. The predicted molar refractivity (Wildman–Crippen MR) is 152 cm³/mol. The quantitative estimate of drug-likeness (QED) is 0.309. The van der Waals surface area contributed by atoms with E-state index in [0.717, 1.165) is 49.2 Å². The van der Waals surface area contributed by atoms with E-state index in [4.69, 9.17) is 28.9 Å². The molecule has 1 aromatic carbocycles. The summed E-state index contributed by atoms with van der Waals surface area (Å²) in [7, 11) is 9.82. The van der Waals surface area contributed by atoms with Gasteiger partial charge in [0.15, 0.2) is 11.5 Å². The first-order valence-electron chi connectivity index (χ1n) is 14.1. The molecule has 2 aliphatic heterocycles. The predicted octanol–water partition coefficient (Wildman–Crippen LogP) is 2.27. The van der Waals surface area contributed by atoms with E-state index in [1.807, 2.05) is 40.3 Å². The molecule has 0 bridgehead atoms. The number of aliphatic hydroxyl groups is 1. The first-order chi connectivity index (χ1) is 19.3. The van der Waals surface area contributed by atoms with E-state index in [1.165, 1.54) is 0 Å². The number of benzene rings is 1. The van der Waals surface area contributed by atoms with Crippen LogP contribution in [0.4, 0.5) is 5.95 Å². The summed E-state index contributed by atoms with van der Waals surface area (Å²) >= 11 is 0. The van der Waals surface area contributed by atoms with E-state index in [9.17, 15) is 5.11 Å². The average molecular weight is 555 g/mol. The summed E-state index contributed by atoms with van der Waals surface area (Å²) < 4.78 is 24.1. The van der Waals surface area contributed by atoms with Gasteiger partial charge in [-0.1, -0.05) is 18.2 Å². The lowest BCUT2D eigenvalue weighted by Crippen LogP contribution is -2.43. The summed E-state index contributed by atoms with van der Waals surface area (Å²) in [6, 6.07) is 4.60. The SMILES string of the molecule is COc1ccc2c3c1OC1CC(O)C=CC31CCN(c1nc(OCCCN(C)C)nc(OCCCN(C)C)n1)C2. The van der Waals surface area contributed by atoms with Crippen LogP contribution in [-0.4, -0.2) is 110 Å². The Morgan fingerprint density at radius 3 is 2.33 bits per heavy atom. The maximum atomic E-state index is 10.4. The molecule has 1 aliphatic carbocycles. The second-order valence-electron chi connectivity index (χ2n) is 11.3. The highest BCUT2D eigenvalue weighted by molar-refractivity contribution is 5.62. The third-order valence-corrected chi connectivity index (χ3v) is 7.78. The maximum Gasteiger partial charge on any atom is 0.324 e. The zero-order chi connectivity index (χ0) is 28.3. The van der Waals surface area contributed by atoms with Gasteiger partial charge in [0.05, 0.1) is 31.8 Å². The molecule has 11 heteroatoms. The summed E-state index contributed by atoms with van der Waals surface area (Å²) in [5.74, 6) is 2.01. The van der Waals surface area contributed by atoms with E-state index >= 15 is 0 Å². The minimum absolute atomic E-state index is 0.165. The lowest BCUT2D eigenvalue weighted by Gasteiger charge is -2.35. The van der Waals surface area contributed by atoms with Crippen LogP contribution in [-0.2, 0) is 12.0 Å². The fraction of sp³-hybridized carbons (Fsp3) is 0.621. The van der Waals surface area contributed by atoms with Crippen LogP contribution in [0.2, 0.25) is 0 Å². The van der Waals surface area contributed by atoms with Gasteiger partial charge in [0.1, 0.15) is 6.10 Å². The van der Waals surface area contributed by atoms with Crippen LogP contribution in [0.25, 0.3) is 0 Å². The Bertz CT molecular complexity index is 1170. The van der Waals surface area contributed by atoms with Gasteiger partial charge >= 0.3 is 12.0 Å². The number of rotatable bonds is 12. The van der Waals surface area contributed by atoms with Gasteiger partial charge in [-0.25, -0.2) is 0 Å². The third kappa shape index (κ3) is 5.96. The monoisotopic (exact) mass is 554 g/mol. The van der Waals surface area contributed by atoms with Crippen LogP contribution < -0.4 is 23.8 Å². The average Bonchev–Trinajstić information content (AvgIpc) is 3.15. The molecule has 0 saturated carbocycles. The second-order valence-corrected chi connectivity index (χ2v) is 11.3. The molecule has 0 fully saturated rings. The summed E-state index contributed by atoms with van der Waals surface area (Å²) in [5, 5.41) is 10.4. The molecule has 3 aliphatic rings. The Morgan fingerprint density at radius 1 is 1.02 bits per heavy atom. The highest BCUT2D eigenvalue weighted by Crippen LogP contribution is 2.55. The topological polar surface area (TPSA) is 106 Å². The number of nitrogens with zero attached hydrogens (tertiary/aromatic N) is 6. The fourth-order valence-corrected chi connectivity index (χ4v) is 5.79. The van der Waals surface area contributed by atoms with Crippen molar-refractivity contribution in [2.24, 2.45) is 0 Å². The minimum atomic E-state index is -0.526. The van der Waals surface area contributed by atoms with Crippen molar-refractivity contribution in [3.8, 4) is 23.5 Å². The molecule has 11 nitrogen and oxygen atoms in total. The van der Waals surface area contributed by atoms with Gasteiger partial charge in [0.2, 0.25) is 5.95 Å². The number of aliphatic hydroxyl groups excluding tert-OH is 1. The number of anilines is 1.